The number of nitrogens with zero attached hydrogens (tertiary/aromatic N) is 1. The topological polar surface area (TPSA) is 106 Å². The average Bonchev–Trinajstić information content (AvgIpc) is 3.55. The van der Waals surface area contributed by atoms with Crippen LogP contribution < -0.4 is 15.4 Å². The summed E-state index contributed by atoms with van der Waals surface area (Å²) in [6.45, 7) is 4.78. The number of anilines is 1. The van der Waals surface area contributed by atoms with E-state index in [9.17, 15) is 14.4 Å². The smallest absolute Gasteiger partial charge is 0.246 e. The Kier molecular flexibility index (Phi) is 7.77. The van der Waals surface area contributed by atoms with Crippen LogP contribution in [0.5, 0.6) is 5.75 Å². The highest BCUT2D eigenvalue weighted by Crippen LogP contribution is 2.55. The predicted octanol–water partition coefficient (Wildman–Crippen LogP) is 3.05. The molecule has 0 aromatic heterocycles. The van der Waals surface area contributed by atoms with E-state index < -0.39 is 29.6 Å². The quantitative estimate of drug-likeness (QED) is 0.359. The molecule has 3 heterocycles. The first-order chi connectivity index (χ1) is 18.3. The number of hydrogen-bond acceptors (Lipinski definition) is 6. The minimum absolute atomic E-state index is 0.0838. The Morgan fingerprint density at radius 1 is 1.13 bits per heavy atom. The molecule has 1 aliphatic carbocycles. The molecule has 5 atom stereocenters. The van der Waals surface area contributed by atoms with E-state index in [1.54, 1.807) is 36.3 Å². The van der Waals surface area contributed by atoms with E-state index >= 15 is 0 Å². The third-order valence-electron chi connectivity index (χ3n) is 8.23. The number of likely N-dealkylation sites (tertiary alicyclic amines) is 1. The van der Waals surface area contributed by atoms with Gasteiger partial charge in [-0.3, -0.25) is 14.4 Å². The van der Waals surface area contributed by atoms with Crippen molar-refractivity contribution >= 4 is 23.4 Å². The minimum atomic E-state index is -1.15. The first-order valence-corrected chi connectivity index (χ1v) is 13.9. The van der Waals surface area contributed by atoms with Crippen molar-refractivity contribution in [3.8, 4) is 5.75 Å². The maximum absolute atomic E-state index is 14.0. The summed E-state index contributed by atoms with van der Waals surface area (Å²) in [4.78, 5) is 42.9. The monoisotopic (exact) mass is 525 g/mol. The van der Waals surface area contributed by atoms with Gasteiger partial charge in [-0.2, -0.15) is 0 Å². The van der Waals surface area contributed by atoms with Gasteiger partial charge in [-0.25, -0.2) is 0 Å². The molecule has 2 N–H and O–H groups in total. The lowest BCUT2D eigenvalue weighted by molar-refractivity contribution is -0.141. The van der Waals surface area contributed by atoms with Gasteiger partial charge in [0.25, 0.3) is 0 Å². The number of amides is 3. The van der Waals surface area contributed by atoms with Crippen molar-refractivity contribution < 1.29 is 28.6 Å². The molecule has 1 spiro atoms. The fourth-order valence-electron chi connectivity index (χ4n) is 6.49. The van der Waals surface area contributed by atoms with Gasteiger partial charge in [0.2, 0.25) is 17.7 Å². The van der Waals surface area contributed by atoms with Crippen molar-refractivity contribution in [2.24, 2.45) is 11.8 Å². The third kappa shape index (κ3) is 4.94. The van der Waals surface area contributed by atoms with Crippen molar-refractivity contribution in [3.63, 3.8) is 0 Å². The summed E-state index contributed by atoms with van der Waals surface area (Å²) in [6, 6.07) is 6.33. The fourth-order valence-corrected chi connectivity index (χ4v) is 6.49. The van der Waals surface area contributed by atoms with E-state index in [1.165, 1.54) is 6.42 Å². The maximum Gasteiger partial charge on any atom is 0.246 e. The first-order valence-electron chi connectivity index (χ1n) is 13.9. The number of carbonyl (C=O) groups excluding carboxylic acids is 3. The number of ether oxygens (including phenoxy) is 3. The Bertz CT molecular complexity index is 1070. The summed E-state index contributed by atoms with van der Waals surface area (Å²) in [7, 11) is 1.58. The van der Waals surface area contributed by atoms with Crippen molar-refractivity contribution in [1.82, 2.24) is 10.2 Å². The summed E-state index contributed by atoms with van der Waals surface area (Å²) in [5, 5.41) is 6.15. The first kappa shape index (κ1) is 26.7. The number of benzene rings is 1. The normalized spacial score (nSPS) is 30.1. The van der Waals surface area contributed by atoms with Gasteiger partial charge in [-0.15, -0.1) is 0 Å². The highest BCUT2D eigenvalue weighted by molar-refractivity contribution is 6.02. The number of methoxy groups -OCH3 is 1. The lowest BCUT2D eigenvalue weighted by Crippen LogP contribution is -2.56. The van der Waals surface area contributed by atoms with Gasteiger partial charge < -0.3 is 29.7 Å². The Morgan fingerprint density at radius 3 is 2.55 bits per heavy atom. The van der Waals surface area contributed by atoms with Crippen LogP contribution in [0.2, 0.25) is 0 Å². The fraction of sp³-hybridized carbons (Fsp3) is 0.621. The lowest BCUT2D eigenvalue weighted by Gasteiger charge is -2.34. The van der Waals surface area contributed by atoms with Crippen LogP contribution in [-0.2, 0) is 23.9 Å². The largest absolute Gasteiger partial charge is 0.497 e. The Hall–Kier alpha value is -2.91. The minimum Gasteiger partial charge on any atom is -0.497 e. The third-order valence-corrected chi connectivity index (χ3v) is 8.23. The van der Waals surface area contributed by atoms with E-state index in [2.05, 4.69) is 10.6 Å². The van der Waals surface area contributed by atoms with E-state index in [1.807, 2.05) is 26.0 Å². The second kappa shape index (κ2) is 11.1. The van der Waals surface area contributed by atoms with Gasteiger partial charge in [-0.05, 0) is 57.4 Å². The van der Waals surface area contributed by atoms with E-state index in [4.69, 9.17) is 14.2 Å². The molecule has 1 aromatic rings. The molecule has 9 nitrogen and oxygen atoms in total. The highest BCUT2D eigenvalue weighted by Gasteiger charge is 2.72. The van der Waals surface area contributed by atoms with Gasteiger partial charge in [0.05, 0.1) is 31.2 Å². The van der Waals surface area contributed by atoms with E-state index in [0.29, 0.717) is 31.0 Å². The van der Waals surface area contributed by atoms with Crippen LogP contribution in [0.1, 0.15) is 52.4 Å². The van der Waals surface area contributed by atoms with Gasteiger partial charge in [0, 0.05) is 24.9 Å². The van der Waals surface area contributed by atoms with E-state index in [0.717, 1.165) is 25.7 Å². The van der Waals surface area contributed by atoms with Crippen LogP contribution in [0, 0.1) is 11.8 Å². The number of nitrogens with one attached hydrogen (secondary N) is 2. The van der Waals surface area contributed by atoms with Crippen LogP contribution in [0.25, 0.3) is 0 Å². The van der Waals surface area contributed by atoms with Crippen LogP contribution >= 0.6 is 0 Å². The number of fused-ring (bicyclic) bond motifs is 1. The van der Waals surface area contributed by atoms with Crippen LogP contribution in [-0.4, -0.2) is 72.8 Å². The Morgan fingerprint density at radius 2 is 1.87 bits per heavy atom. The summed E-state index contributed by atoms with van der Waals surface area (Å²) in [6.07, 6.45) is 9.06. The summed E-state index contributed by atoms with van der Waals surface area (Å²) in [5.41, 5.74) is -0.544. The second-order valence-electron chi connectivity index (χ2n) is 11.1. The van der Waals surface area contributed by atoms with Crippen LogP contribution in [0.4, 0.5) is 5.69 Å². The lowest BCUT2D eigenvalue weighted by atomic mass is 9.74. The molecule has 9 heteroatoms. The van der Waals surface area contributed by atoms with Crippen molar-refractivity contribution in [3.05, 3.63) is 36.4 Å². The zero-order valence-corrected chi connectivity index (χ0v) is 22.5. The molecule has 38 heavy (non-hydrogen) atoms. The molecule has 0 radical (unpaired) electrons. The highest BCUT2D eigenvalue weighted by atomic mass is 16.5. The van der Waals surface area contributed by atoms with Crippen molar-refractivity contribution in [1.29, 1.82) is 0 Å². The molecule has 4 aliphatic rings. The van der Waals surface area contributed by atoms with Gasteiger partial charge in [0.15, 0.2) is 0 Å². The van der Waals surface area contributed by atoms with Crippen LogP contribution in [0.3, 0.4) is 0 Å². The molecule has 2 bridgehead atoms. The van der Waals surface area contributed by atoms with E-state index in [-0.39, 0.29) is 29.9 Å². The summed E-state index contributed by atoms with van der Waals surface area (Å²) < 4.78 is 17.3. The number of carbonyl (C=O) groups is 3. The summed E-state index contributed by atoms with van der Waals surface area (Å²) in [5.74, 6) is -1.50. The van der Waals surface area contributed by atoms with Gasteiger partial charge in [-0.1, -0.05) is 31.4 Å². The molecule has 3 fully saturated rings. The molecule has 3 amide bonds. The Labute approximate surface area is 224 Å². The molecule has 2 saturated heterocycles. The molecule has 3 aliphatic heterocycles. The van der Waals surface area contributed by atoms with Crippen molar-refractivity contribution in [2.45, 2.75) is 82.3 Å². The zero-order chi connectivity index (χ0) is 26.9. The van der Waals surface area contributed by atoms with Crippen LogP contribution in [0.15, 0.2) is 36.4 Å². The maximum atomic E-state index is 14.0. The molecular weight excluding hydrogens is 486 g/mol. The number of rotatable bonds is 10. The molecule has 206 valence electrons. The van der Waals surface area contributed by atoms with Gasteiger partial charge >= 0.3 is 0 Å². The summed E-state index contributed by atoms with van der Waals surface area (Å²) >= 11 is 0. The van der Waals surface area contributed by atoms with Crippen molar-refractivity contribution in [2.75, 3.05) is 25.6 Å². The average molecular weight is 526 g/mol. The molecular formula is C29H39N3O6. The molecule has 1 saturated carbocycles. The molecule has 0 unspecified atom stereocenters. The van der Waals surface area contributed by atoms with Gasteiger partial charge in [0.1, 0.15) is 17.4 Å². The predicted molar refractivity (Wildman–Crippen MR) is 142 cm³/mol. The second-order valence-corrected chi connectivity index (χ2v) is 11.1. The zero-order valence-electron chi connectivity index (χ0n) is 22.5. The SMILES string of the molecule is COc1ccc(NC(=O)[C@H]2[C@H]3C=C[C@]4(O3)[C@H](C(=O)NC3CCCCC3)N(CCCOC(C)C)C(=O)[C@@H]24)cc1. The Balaban J connectivity index is 1.38. The molecule has 1 aromatic carbocycles. The number of hydrogen-bond donors (Lipinski definition) is 2. The standard InChI is InChI=1S/C29H39N3O6/c1-18(2)37-17-7-16-32-25(27(34)31-19-8-5-4-6-9-19)29-15-14-22(38-29)23(24(29)28(32)35)26(33)30-20-10-12-21(36-3)13-11-20/h10-15,18-19,22-25H,4-9,16-17H2,1-3H3,(H,30,33)(H,31,34)/t22-,23+,24-,25+,29-/m1/s1. The molecule has 5 rings (SSSR count).